The van der Waals surface area contributed by atoms with Gasteiger partial charge in [-0.05, 0) is 23.6 Å². The van der Waals surface area contributed by atoms with Crippen molar-refractivity contribution in [1.82, 2.24) is 4.98 Å². The molecule has 0 saturated heterocycles. The monoisotopic (exact) mass is 190 g/mol. The van der Waals surface area contributed by atoms with Gasteiger partial charge in [0.25, 0.3) is 0 Å². The van der Waals surface area contributed by atoms with Crippen LogP contribution >= 0.6 is 0 Å². The zero-order chi connectivity index (χ0) is 10.1. The maximum Gasteiger partial charge on any atom is 0.209 e. The van der Waals surface area contributed by atoms with Crippen molar-refractivity contribution in [1.29, 1.82) is 0 Å². The van der Waals surface area contributed by atoms with Crippen LogP contribution in [0.3, 0.4) is 0 Å². The van der Waals surface area contributed by atoms with Crippen molar-refractivity contribution in [2.75, 3.05) is 0 Å². The smallest absolute Gasteiger partial charge is 0.209 e. The van der Waals surface area contributed by atoms with Gasteiger partial charge in [-0.3, -0.25) is 0 Å². The van der Waals surface area contributed by atoms with Crippen LogP contribution in [0.1, 0.15) is 31.2 Å². The topological polar surface area (TPSA) is 52.0 Å². The van der Waals surface area contributed by atoms with E-state index >= 15 is 0 Å². The van der Waals surface area contributed by atoms with Crippen molar-refractivity contribution in [3.8, 4) is 0 Å². The second-order valence-corrected chi connectivity index (χ2v) is 3.69. The van der Waals surface area contributed by atoms with Crippen molar-refractivity contribution in [3.05, 3.63) is 29.7 Å². The van der Waals surface area contributed by atoms with Crippen LogP contribution in [0, 0.1) is 0 Å². The normalized spacial score (nSPS) is 11.4. The summed E-state index contributed by atoms with van der Waals surface area (Å²) in [5.41, 5.74) is 8.44. The van der Waals surface area contributed by atoms with Crippen molar-refractivity contribution in [2.24, 2.45) is 5.73 Å². The van der Waals surface area contributed by atoms with E-state index in [4.69, 9.17) is 10.2 Å². The van der Waals surface area contributed by atoms with E-state index in [2.05, 4.69) is 31.0 Å². The van der Waals surface area contributed by atoms with E-state index in [1.54, 1.807) is 0 Å². The molecule has 1 aromatic carbocycles. The summed E-state index contributed by atoms with van der Waals surface area (Å²) in [6.45, 7) is 4.67. The molecule has 3 nitrogen and oxygen atoms in total. The Kier molecular flexibility index (Phi) is 2.25. The van der Waals surface area contributed by atoms with Crippen molar-refractivity contribution >= 4 is 11.1 Å². The summed E-state index contributed by atoms with van der Waals surface area (Å²) in [5.74, 6) is 1.11. The Labute approximate surface area is 82.9 Å². The van der Waals surface area contributed by atoms with E-state index < -0.39 is 0 Å². The first-order valence-corrected chi connectivity index (χ1v) is 4.80. The number of nitrogens with two attached hydrogens (primary N) is 1. The Morgan fingerprint density at radius 3 is 2.86 bits per heavy atom. The molecule has 0 atom stereocenters. The van der Waals surface area contributed by atoms with Crippen LogP contribution in [-0.2, 0) is 6.54 Å². The lowest BCUT2D eigenvalue weighted by molar-refractivity contribution is 0.533. The lowest BCUT2D eigenvalue weighted by Gasteiger charge is -2.02. The number of fused-ring (bicyclic) bond motifs is 1. The number of nitrogens with zero attached hydrogens (tertiary/aromatic N) is 1. The van der Waals surface area contributed by atoms with Gasteiger partial charge >= 0.3 is 0 Å². The molecule has 0 saturated carbocycles. The number of benzene rings is 1. The molecule has 74 valence electrons. The van der Waals surface area contributed by atoms with Gasteiger partial charge in [0, 0.05) is 0 Å². The second-order valence-electron chi connectivity index (χ2n) is 3.69. The minimum atomic E-state index is 0.353. The second kappa shape index (κ2) is 3.42. The molecule has 14 heavy (non-hydrogen) atoms. The third kappa shape index (κ3) is 1.51. The first kappa shape index (κ1) is 9.21. The molecule has 0 aliphatic carbocycles. The van der Waals surface area contributed by atoms with Gasteiger partial charge in [0.15, 0.2) is 5.58 Å². The van der Waals surface area contributed by atoms with E-state index in [0.717, 1.165) is 11.1 Å². The minimum absolute atomic E-state index is 0.353. The first-order valence-electron chi connectivity index (χ1n) is 4.80. The van der Waals surface area contributed by atoms with E-state index in [0.29, 0.717) is 18.4 Å². The van der Waals surface area contributed by atoms with Crippen LogP contribution in [0.15, 0.2) is 22.6 Å². The Hall–Kier alpha value is -1.35. The molecule has 0 fully saturated rings. The fourth-order valence-corrected chi connectivity index (χ4v) is 1.44. The molecule has 2 rings (SSSR count). The molecule has 0 aliphatic heterocycles. The van der Waals surface area contributed by atoms with Crippen LogP contribution in [0.5, 0.6) is 0 Å². The van der Waals surface area contributed by atoms with Crippen LogP contribution in [-0.4, -0.2) is 4.98 Å². The highest BCUT2D eigenvalue weighted by atomic mass is 16.3. The van der Waals surface area contributed by atoms with Gasteiger partial charge in [-0.1, -0.05) is 19.9 Å². The first-order chi connectivity index (χ1) is 6.70. The Balaban J connectivity index is 2.54. The Bertz CT molecular complexity index is 445. The molecule has 0 bridgehead atoms. The number of hydrogen-bond acceptors (Lipinski definition) is 3. The zero-order valence-corrected chi connectivity index (χ0v) is 8.45. The summed E-state index contributed by atoms with van der Waals surface area (Å²) in [7, 11) is 0. The summed E-state index contributed by atoms with van der Waals surface area (Å²) < 4.78 is 5.42. The molecule has 1 heterocycles. The SMILES string of the molecule is CC(C)c1ccc2oc(CN)nc2c1. The van der Waals surface area contributed by atoms with Gasteiger partial charge in [-0.15, -0.1) is 0 Å². The molecule has 2 N–H and O–H groups in total. The maximum absolute atomic E-state index is 5.46. The minimum Gasteiger partial charge on any atom is -0.439 e. The summed E-state index contributed by atoms with van der Waals surface area (Å²) in [6, 6.07) is 6.08. The lowest BCUT2D eigenvalue weighted by Crippen LogP contribution is -1.95. The molecule has 0 radical (unpaired) electrons. The summed E-state index contributed by atoms with van der Waals surface area (Å²) in [6.07, 6.45) is 0. The van der Waals surface area contributed by atoms with Gasteiger partial charge < -0.3 is 10.2 Å². The van der Waals surface area contributed by atoms with Crippen molar-refractivity contribution < 1.29 is 4.42 Å². The van der Waals surface area contributed by atoms with Crippen LogP contribution < -0.4 is 5.73 Å². The van der Waals surface area contributed by atoms with E-state index in [1.165, 1.54) is 5.56 Å². The fraction of sp³-hybridized carbons (Fsp3) is 0.364. The number of oxazole rings is 1. The molecule has 0 spiro atoms. The van der Waals surface area contributed by atoms with Crippen LogP contribution in [0.2, 0.25) is 0 Å². The van der Waals surface area contributed by atoms with Crippen LogP contribution in [0.4, 0.5) is 0 Å². The van der Waals surface area contributed by atoms with E-state index in [9.17, 15) is 0 Å². The van der Waals surface area contributed by atoms with Crippen LogP contribution in [0.25, 0.3) is 11.1 Å². The maximum atomic E-state index is 5.46. The predicted molar refractivity (Wildman–Crippen MR) is 56.0 cm³/mol. The molecular weight excluding hydrogens is 176 g/mol. The number of rotatable bonds is 2. The molecule has 1 aromatic heterocycles. The quantitative estimate of drug-likeness (QED) is 0.791. The highest BCUT2D eigenvalue weighted by Gasteiger charge is 2.06. The summed E-state index contributed by atoms with van der Waals surface area (Å²) in [5, 5.41) is 0. The molecular formula is C11H14N2O. The van der Waals surface area contributed by atoms with Gasteiger partial charge in [0.1, 0.15) is 5.52 Å². The number of aromatic nitrogens is 1. The molecule has 2 aromatic rings. The van der Waals surface area contributed by atoms with E-state index in [1.807, 2.05) is 6.07 Å². The summed E-state index contributed by atoms with van der Waals surface area (Å²) >= 11 is 0. The number of hydrogen-bond donors (Lipinski definition) is 1. The predicted octanol–water partition coefficient (Wildman–Crippen LogP) is 2.41. The highest BCUT2D eigenvalue weighted by molar-refractivity contribution is 5.73. The third-order valence-corrected chi connectivity index (χ3v) is 2.30. The largest absolute Gasteiger partial charge is 0.439 e. The standard InChI is InChI=1S/C11H14N2O/c1-7(2)8-3-4-10-9(5-8)13-11(6-12)14-10/h3-5,7H,6,12H2,1-2H3. The fourth-order valence-electron chi connectivity index (χ4n) is 1.44. The zero-order valence-electron chi connectivity index (χ0n) is 8.45. The van der Waals surface area contributed by atoms with Gasteiger partial charge in [0.2, 0.25) is 5.89 Å². The third-order valence-electron chi connectivity index (χ3n) is 2.30. The summed E-state index contributed by atoms with van der Waals surface area (Å²) in [4.78, 5) is 4.28. The average molecular weight is 190 g/mol. The molecule has 0 amide bonds. The molecule has 0 unspecified atom stereocenters. The average Bonchev–Trinajstić information content (AvgIpc) is 2.58. The molecule has 3 heteroatoms. The molecule has 0 aliphatic rings. The van der Waals surface area contributed by atoms with Gasteiger partial charge in [0.05, 0.1) is 6.54 Å². The Morgan fingerprint density at radius 1 is 1.43 bits per heavy atom. The van der Waals surface area contributed by atoms with Crippen molar-refractivity contribution in [3.63, 3.8) is 0 Å². The van der Waals surface area contributed by atoms with Crippen molar-refractivity contribution in [2.45, 2.75) is 26.3 Å². The van der Waals surface area contributed by atoms with Gasteiger partial charge in [-0.25, -0.2) is 4.98 Å². The Morgan fingerprint density at radius 2 is 2.21 bits per heavy atom. The lowest BCUT2D eigenvalue weighted by atomic mass is 10.0. The highest BCUT2D eigenvalue weighted by Crippen LogP contribution is 2.21. The van der Waals surface area contributed by atoms with Gasteiger partial charge in [-0.2, -0.15) is 0 Å². The van der Waals surface area contributed by atoms with E-state index in [-0.39, 0.29) is 0 Å².